The summed E-state index contributed by atoms with van der Waals surface area (Å²) < 4.78 is 25.4. The first kappa shape index (κ1) is 38.5. The van der Waals surface area contributed by atoms with E-state index in [-0.39, 0.29) is 71.9 Å². The van der Waals surface area contributed by atoms with Gasteiger partial charge in [-0.15, -0.1) is 0 Å². The molecule has 0 aromatic heterocycles. The van der Waals surface area contributed by atoms with Crippen molar-refractivity contribution in [1.82, 2.24) is 4.90 Å². The van der Waals surface area contributed by atoms with Gasteiger partial charge in [-0.25, -0.2) is 8.42 Å². The van der Waals surface area contributed by atoms with Crippen molar-refractivity contribution in [3.05, 3.63) is 0 Å². The van der Waals surface area contributed by atoms with Crippen LogP contribution in [0.5, 0.6) is 0 Å². The fourth-order valence-electron chi connectivity index (χ4n) is 8.53. The number of amides is 1. The number of ketones is 4. The molecule has 1 saturated heterocycles. The van der Waals surface area contributed by atoms with E-state index in [0.29, 0.717) is 38.6 Å². The zero-order valence-corrected chi connectivity index (χ0v) is 30.7. The number of hydrogen-bond donors (Lipinski definition) is 0. The fraction of sp³-hybridized carbons (Fsp3) is 0.865. The first-order chi connectivity index (χ1) is 21.3. The van der Waals surface area contributed by atoms with Gasteiger partial charge in [0.25, 0.3) is 0 Å². The maximum absolute atomic E-state index is 14.4. The van der Waals surface area contributed by atoms with E-state index in [1.54, 1.807) is 11.8 Å². The second-order valence-electron chi connectivity index (χ2n) is 16.5. The van der Waals surface area contributed by atoms with Gasteiger partial charge in [0.2, 0.25) is 11.7 Å². The lowest BCUT2D eigenvalue weighted by Crippen LogP contribution is -2.51. The van der Waals surface area contributed by atoms with Crippen LogP contribution < -0.4 is 0 Å². The molecule has 1 heterocycles. The van der Waals surface area contributed by atoms with Crippen LogP contribution in [-0.4, -0.2) is 66.5 Å². The summed E-state index contributed by atoms with van der Waals surface area (Å²) in [6, 6.07) is -0.676. The Hall–Kier alpha value is -1.90. The lowest BCUT2D eigenvalue weighted by molar-refractivity contribution is -0.148. The lowest BCUT2D eigenvalue weighted by Gasteiger charge is -2.39. The van der Waals surface area contributed by atoms with Gasteiger partial charge in [0, 0.05) is 49.8 Å². The third-order valence-corrected chi connectivity index (χ3v) is 13.5. The zero-order valence-electron chi connectivity index (χ0n) is 29.9. The summed E-state index contributed by atoms with van der Waals surface area (Å²) in [6.45, 7) is 16.0. The molecule has 9 heteroatoms. The molecular weight excluding hydrogens is 602 g/mol. The average Bonchev–Trinajstić information content (AvgIpc) is 3.28. The van der Waals surface area contributed by atoms with Gasteiger partial charge in [-0.05, 0) is 53.8 Å². The maximum atomic E-state index is 14.4. The zero-order chi connectivity index (χ0) is 34.7. The van der Waals surface area contributed by atoms with Gasteiger partial charge in [0.05, 0.1) is 11.8 Å². The van der Waals surface area contributed by atoms with Crippen LogP contribution in [0.3, 0.4) is 0 Å². The highest BCUT2D eigenvalue weighted by Gasteiger charge is 2.69. The largest absolute Gasteiger partial charge is 0.332 e. The predicted octanol–water partition coefficient (Wildman–Crippen LogP) is 6.57. The van der Waals surface area contributed by atoms with Crippen molar-refractivity contribution in [2.45, 2.75) is 145 Å². The molecule has 3 rings (SSSR count). The summed E-state index contributed by atoms with van der Waals surface area (Å²) >= 11 is 0. The Bertz CT molecular complexity index is 1250. The van der Waals surface area contributed by atoms with E-state index in [1.165, 1.54) is 0 Å². The van der Waals surface area contributed by atoms with Crippen LogP contribution in [0.1, 0.15) is 139 Å². The highest BCUT2D eigenvalue weighted by atomic mass is 32.2. The Kier molecular flexibility index (Phi) is 12.7. The molecule has 2 unspecified atom stereocenters. The van der Waals surface area contributed by atoms with Gasteiger partial charge in [-0.1, -0.05) is 87.5 Å². The van der Waals surface area contributed by atoms with E-state index in [4.69, 9.17) is 0 Å². The fourth-order valence-corrected chi connectivity index (χ4v) is 10.1. The number of piperidine rings is 1. The molecule has 0 aromatic rings. The first-order valence-electron chi connectivity index (χ1n) is 18.0. The number of unbranched alkanes of at least 4 members (excludes halogenated alkanes) is 1. The molecule has 2 saturated carbocycles. The van der Waals surface area contributed by atoms with Gasteiger partial charge < -0.3 is 4.90 Å². The van der Waals surface area contributed by atoms with Crippen molar-refractivity contribution in [1.29, 1.82) is 0 Å². The number of Topliss-reactive ketones (excluding diaryl/α,β-unsaturated/α-hetero) is 4. The van der Waals surface area contributed by atoms with Crippen molar-refractivity contribution in [3.63, 3.8) is 0 Å². The third-order valence-electron chi connectivity index (χ3n) is 11.5. The molecule has 8 nitrogen and oxygen atoms in total. The molecule has 0 bridgehead atoms. The molecule has 3 fully saturated rings. The van der Waals surface area contributed by atoms with Crippen molar-refractivity contribution in [2.24, 2.45) is 39.9 Å². The van der Waals surface area contributed by atoms with E-state index >= 15 is 0 Å². The topological polar surface area (TPSA) is 123 Å². The van der Waals surface area contributed by atoms with E-state index in [9.17, 15) is 32.4 Å². The molecular formula is C37H61NO7S. The second-order valence-corrected chi connectivity index (χ2v) is 18.9. The Morgan fingerprint density at radius 1 is 0.913 bits per heavy atom. The first-order valence-corrected chi connectivity index (χ1v) is 19.8. The molecule has 1 aliphatic heterocycles. The van der Waals surface area contributed by atoms with Crippen LogP contribution >= 0.6 is 0 Å². The smallest absolute Gasteiger partial charge is 0.227 e. The van der Waals surface area contributed by atoms with Gasteiger partial charge in [0.1, 0.15) is 5.78 Å². The Labute approximate surface area is 278 Å². The molecule has 3 aliphatic rings. The summed E-state index contributed by atoms with van der Waals surface area (Å²) in [5, 5.41) is 0. The summed E-state index contributed by atoms with van der Waals surface area (Å²) in [6.07, 6.45) is 7.12. The quantitative estimate of drug-likeness (QED) is 0.152. The van der Waals surface area contributed by atoms with Gasteiger partial charge >= 0.3 is 0 Å². The van der Waals surface area contributed by atoms with Crippen LogP contribution in [0.15, 0.2) is 0 Å². The van der Waals surface area contributed by atoms with Crippen molar-refractivity contribution in [3.8, 4) is 0 Å². The van der Waals surface area contributed by atoms with E-state index in [1.807, 2.05) is 34.6 Å². The minimum atomic E-state index is -3.28. The van der Waals surface area contributed by atoms with Crippen LogP contribution in [0, 0.1) is 39.9 Å². The molecule has 0 N–H and O–H groups in total. The van der Waals surface area contributed by atoms with E-state index in [0.717, 1.165) is 25.7 Å². The molecule has 2 aliphatic carbocycles. The van der Waals surface area contributed by atoms with Crippen LogP contribution in [0.2, 0.25) is 0 Å². The van der Waals surface area contributed by atoms with E-state index in [2.05, 4.69) is 13.8 Å². The summed E-state index contributed by atoms with van der Waals surface area (Å²) in [7, 11) is -3.28. The Morgan fingerprint density at radius 2 is 1.54 bits per heavy atom. The number of carbonyl (C=O) groups is 5. The summed E-state index contributed by atoms with van der Waals surface area (Å²) in [4.78, 5) is 69.8. The van der Waals surface area contributed by atoms with E-state index < -0.39 is 50.1 Å². The molecule has 262 valence electrons. The highest BCUT2D eigenvalue weighted by Crippen LogP contribution is 2.65. The third kappa shape index (κ3) is 8.96. The second kappa shape index (κ2) is 15.1. The number of fused-ring (bicyclic) bond motifs is 1. The SMILES string of the molecule is CCCCC(=O)C(=O)C(CCC)CC(=O)[C@@H]1[C@@H]2C(CN1C(=O)[C@@H](CC(=O)CC1(CS(=O)(=O)CC)CCCCC1)C(C)(C)C)C2(C)C. The lowest BCUT2D eigenvalue weighted by atomic mass is 9.70. The molecule has 1 amide bonds. The molecule has 46 heavy (non-hydrogen) atoms. The standard InChI is InChI=1S/C37H61NO7S/c1-9-12-17-29(40)33(42)25(16-10-2)20-30(41)32-31-28(36(31,7)8)23-38(32)34(43)27(35(4,5)6)21-26(39)22-37(18-14-13-15-19-37)24-46(44,45)11-3/h25,27-28,31-32H,9-24H2,1-8H3/t25?,27-,28?,31+,32-/m1/s1. The number of nitrogens with zero attached hydrogens (tertiary/aromatic N) is 1. The molecule has 0 radical (unpaired) electrons. The van der Waals surface area contributed by atoms with Crippen molar-refractivity contribution < 1.29 is 32.4 Å². The van der Waals surface area contributed by atoms with Gasteiger partial charge in [0.15, 0.2) is 21.4 Å². The predicted molar refractivity (Wildman–Crippen MR) is 181 cm³/mol. The Morgan fingerprint density at radius 3 is 2.09 bits per heavy atom. The minimum absolute atomic E-state index is 0.00920. The summed E-state index contributed by atoms with van der Waals surface area (Å²) in [5.74, 6) is -2.47. The molecule has 0 spiro atoms. The molecule has 5 atom stereocenters. The number of sulfone groups is 1. The number of rotatable bonds is 18. The minimum Gasteiger partial charge on any atom is -0.332 e. The monoisotopic (exact) mass is 663 g/mol. The van der Waals surface area contributed by atoms with Crippen molar-refractivity contribution >= 4 is 38.9 Å². The molecule has 0 aromatic carbocycles. The van der Waals surface area contributed by atoms with Crippen LogP contribution in [-0.2, 0) is 33.8 Å². The maximum Gasteiger partial charge on any atom is 0.227 e. The van der Waals surface area contributed by atoms with Gasteiger partial charge in [-0.3, -0.25) is 24.0 Å². The number of likely N-dealkylation sites (tertiary alicyclic amines) is 1. The average molecular weight is 664 g/mol. The summed E-state index contributed by atoms with van der Waals surface area (Å²) in [5.41, 5.74) is -1.25. The van der Waals surface area contributed by atoms with Crippen molar-refractivity contribution in [2.75, 3.05) is 18.1 Å². The van der Waals surface area contributed by atoms with Crippen LogP contribution in [0.4, 0.5) is 0 Å². The van der Waals surface area contributed by atoms with Crippen LogP contribution in [0.25, 0.3) is 0 Å². The highest BCUT2D eigenvalue weighted by molar-refractivity contribution is 7.91. The number of hydrogen-bond acceptors (Lipinski definition) is 7. The van der Waals surface area contributed by atoms with Gasteiger partial charge in [-0.2, -0.15) is 0 Å². The Balaban J connectivity index is 1.83. The normalized spacial score (nSPS) is 25.0. The number of carbonyl (C=O) groups excluding carboxylic acids is 5.